The number of hydrogen-bond donors (Lipinski definition) is 1. The Morgan fingerprint density at radius 1 is 1.20 bits per heavy atom. The largest absolute Gasteiger partial charge is 0.337 e. The summed E-state index contributed by atoms with van der Waals surface area (Å²) in [6, 6.07) is 11.3. The van der Waals surface area contributed by atoms with Crippen LogP contribution in [0, 0.1) is 11.3 Å². The van der Waals surface area contributed by atoms with Gasteiger partial charge in [-0.1, -0.05) is 30.3 Å². The maximum absolute atomic E-state index is 12.1. The van der Waals surface area contributed by atoms with E-state index in [4.69, 9.17) is 0 Å². The van der Waals surface area contributed by atoms with Gasteiger partial charge in [-0.3, -0.25) is 9.38 Å². The lowest BCUT2D eigenvalue weighted by atomic mass is 10.1. The van der Waals surface area contributed by atoms with Crippen molar-refractivity contribution in [3.63, 3.8) is 0 Å². The molecule has 6 nitrogen and oxygen atoms in total. The number of fused-ring (bicyclic) bond motifs is 1. The van der Waals surface area contributed by atoms with Crippen molar-refractivity contribution in [3.05, 3.63) is 63.1 Å². The summed E-state index contributed by atoms with van der Waals surface area (Å²) in [4.78, 5) is 26.3. The van der Waals surface area contributed by atoms with E-state index in [1.54, 1.807) is 6.20 Å². The van der Waals surface area contributed by atoms with Gasteiger partial charge in [0.2, 0.25) is 0 Å². The molecule has 0 bridgehead atoms. The highest BCUT2D eigenvalue weighted by Crippen LogP contribution is 2.25. The number of nitrogens with one attached hydrogen (secondary N) is 1. The summed E-state index contributed by atoms with van der Waals surface area (Å²) in [5, 5.41) is 9.32. The molecule has 98 valence electrons. The van der Waals surface area contributed by atoms with Crippen LogP contribution in [0.1, 0.15) is 5.56 Å². The molecule has 2 heterocycles. The van der Waals surface area contributed by atoms with Gasteiger partial charge in [0.25, 0.3) is 0 Å². The molecule has 0 radical (unpaired) electrons. The molecule has 0 aliphatic rings. The fraction of sp³-hybridized carbons (Fsp3) is 0.0714. The molecule has 1 N–H and O–H groups in total. The zero-order valence-corrected chi connectivity index (χ0v) is 10.6. The van der Waals surface area contributed by atoms with Crippen LogP contribution < -0.4 is 11.4 Å². The van der Waals surface area contributed by atoms with Gasteiger partial charge in [-0.25, -0.2) is 14.2 Å². The summed E-state index contributed by atoms with van der Waals surface area (Å²) >= 11 is 0. The van der Waals surface area contributed by atoms with E-state index in [-0.39, 0.29) is 11.2 Å². The predicted octanol–water partition coefficient (Wildman–Crippen LogP) is 0.865. The monoisotopic (exact) mass is 266 g/mol. The number of benzene rings is 1. The molecule has 0 unspecified atom stereocenters. The molecule has 20 heavy (non-hydrogen) atoms. The lowest BCUT2D eigenvalue weighted by Gasteiger charge is -1.97. The standard InChI is InChI=1S/C14H10N4O2/c1-17-13(19)16-12-10(7-15)11(8-18(12)14(17)20)9-5-3-2-4-6-9/h2-6,8H,1H3,(H,16,19). The first kappa shape index (κ1) is 12.0. The van der Waals surface area contributed by atoms with E-state index in [1.807, 2.05) is 30.3 Å². The van der Waals surface area contributed by atoms with Crippen LogP contribution in [0.3, 0.4) is 0 Å². The molecule has 1 aromatic carbocycles. The molecule has 0 atom stereocenters. The van der Waals surface area contributed by atoms with Crippen LogP contribution in [0.2, 0.25) is 0 Å². The summed E-state index contributed by atoms with van der Waals surface area (Å²) in [5.41, 5.74) is 0.910. The molecule has 0 spiro atoms. The minimum atomic E-state index is -0.545. The molecule has 2 aromatic heterocycles. The van der Waals surface area contributed by atoms with Crippen LogP contribution in [0.5, 0.6) is 0 Å². The van der Waals surface area contributed by atoms with Crippen molar-refractivity contribution in [3.8, 4) is 17.2 Å². The second kappa shape index (κ2) is 4.24. The van der Waals surface area contributed by atoms with Crippen molar-refractivity contribution in [2.24, 2.45) is 7.05 Å². The van der Waals surface area contributed by atoms with E-state index in [0.29, 0.717) is 5.56 Å². The predicted molar refractivity (Wildman–Crippen MR) is 73.4 cm³/mol. The number of nitriles is 1. The molecule has 0 saturated carbocycles. The smallest absolute Gasteiger partial charge is 0.292 e. The summed E-state index contributed by atoms with van der Waals surface area (Å²) in [6.45, 7) is 0. The Kier molecular flexibility index (Phi) is 2.54. The molecule has 3 rings (SSSR count). The van der Waals surface area contributed by atoms with Crippen molar-refractivity contribution < 1.29 is 0 Å². The Hall–Kier alpha value is -3.07. The van der Waals surface area contributed by atoms with Crippen LogP contribution in [0.4, 0.5) is 0 Å². The average molecular weight is 266 g/mol. The maximum Gasteiger partial charge on any atom is 0.337 e. The van der Waals surface area contributed by atoms with Gasteiger partial charge in [-0.2, -0.15) is 5.26 Å². The normalized spacial score (nSPS) is 10.6. The second-order valence-electron chi connectivity index (χ2n) is 4.39. The fourth-order valence-electron chi connectivity index (χ4n) is 2.16. The zero-order valence-electron chi connectivity index (χ0n) is 10.6. The molecule has 0 saturated heterocycles. The quantitative estimate of drug-likeness (QED) is 0.709. The summed E-state index contributed by atoms with van der Waals surface area (Å²) in [7, 11) is 1.38. The molecular formula is C14H10N4O2. The van der Waals surface area contributed by atoms with Crippen molar-refractivity contribution in [2.45, 2.75) is 0 Å². The van der Waals surface area contributed by atoms with Gasteiger partial charge in [0.1, 0.15) is 17.3 Å². The lowest BCUT2D eigenvalue weighted by Crippen LogP contribution is -2.36. The van der Waals surface area contributed by atoms with E-state index in [2.05, 4.69) is 11.1 Å². The Morgan fingerprint density at radius 2 is 1.90 bits per heavy atom. The summed E-state index contributed by atoms with van der Waals surface area (Å²) < 4.78 is 2.24. The molecule has 0 amide bonds. The number of H-pyrrole nitrogens is 1. The van der Waals surface area contributed by atoms with Gasteiger partial charge >= 0.3 is 11.4 Å². The Bertz CT molecular complexity index is 955. The van der Waals surface area contributed by atoms with Crippen molar-refractivity contribution in [1.29, 1.82) is 5.26 Å². The topological polar surface area (TPSA) is 83.1 Å². The second-order valence-corrected chi connectivity index (χ2v) is 4.39. The van der Waals surface area contributed by atoms with Gasteiger partial charge in [0, 0.05) is 18.8 Å². The van der Waals surface area contributed by atoms with Gasteiger partial charge < -0.3 is 0 Å². The minimum Gasteiger partial charge on any atom is -0.292 e. The van der Waals surface area contributed by atoms with Crippen LogP contribution in [-0.2, 0) is 7.05 Å². The van der Waals surface area contributed by atoms with Gasteiger partial charge in [-0.05, 0) is 5.56 Å². The Balaban J connectivity index is 2.48. The van der Waals surface area contributed by atoms with Crippen LogP contribution >= 0.6 is 0 Å². The highest BCUT2D eigenvalue weighted by atomic mass is 16.2. The van der Waals surface area contributed by atoms with Gasteiger partial charge in [0.05, 0.1) is 0 Å². The Morgan fingerprint density at radius 3 is 2.55 bits per heavy atom. The summed E-state index contributed by atoms with van der Waals surface area (Å²) in [5.74, 6) is 0. The van der Waals surface area contributed by atoms with E-state index in [1.165, 1.54) is 11.4 Å². The fourth-order valence-corrected chi connectivity index (χ4v) is 2.16. The highest BCUT2D eigenvalue weighted by Gasteiger charge is 2.15. The van der Waals surface area contributed by atoms with Crippen LogP contribution in [0.15, 0.2) is 46.1 Å². The van der Waals surface area contributed by atoms with E-state index in [9.17, 15) is 14.9 Å². The minimum absolute atomic E-state index is 0.222. The third kappa shape index (κ3) is 1.57. The molecule has 3 aromatic rings. The Labute approximate surface area is 113 Å². The maximum atomic E-state index is 12.1. The third-order valence-corrected chi connectivity index (χ3v) is 3.22. The number of hydrogen-bond acceptors (Lipinski definition) is 3. The van der Waals surface area contributed by atoms with Crippen molar-refractivity contribution in [2.75, 3.05) is 0 Å². The molecule has 6 heteroatoms. The molecule has 0 aliphatic heterocycles. The number of nitrogens with zero attached hydrogens (tertiary/aromatic N) is 3. The average Bonchev–Trinajstić information content (AvgIpc) is 2.84. The van der Waals surface area contributed by atoms with Gasteiger partial charge in [-0.15, -0.1) is 0 Å². The highest BCUT2D eigenvalue weighted by molar-refractivity contribution is 5.78. The summed E-state index contributed by atoms with van der Waals surface area (Å²) in [6.07, 6.45) is 1.57. The van der Waals surface area contributed by atoms with E-state index >= 15 is 0 Å². The van der Waals surface area contributed by atoms with Crippen molar-refractivity contribution in [1.82, 2.24) is 14.0 Å². The number of aromatic amines is 1. The SMILES string of the molecule is Cn1c(=O)[nH]c2c(C#N)c(-c3ccccc3)cn2c1=O. The van der Waals surface area contributed by atoms with E-state index in [0.717, 1.165) is 10.1 Å². The number of aromatic nitrogens is 3. The molecule has 0 fully saturated rings. The van der Waals surface area contributed by atoms with Crippen LogP contribution in [0.25, 0.3) is 16.8 Å². The lowest BCUT2D eigenvalue weighted by molar-refractivity contribution is 0.721. The first-order valence-corrected chi connectivity index (χ1v) is 5.93. The first-order valence-electron chi connectivity index (χ1n) is 5.93. The van der Waals surface area contributed by atoms with E-state index < -0.39 is 11.4 Å². The third-order valence-electron chi connectivity index (χ3n) is 3.22. The van der Waals surface area contributed by atoms with Crippen LogP contribution in [-0.4, -0.2) is 14.0 Å². The molecular weight excluding hydrogens is 256 g/mol. The number of rotatable bonds is 1. The molecule has 0 aliphatic carbocycles. The first-order chi connectivity index (χ1) is 9.63. The van der Waals surface area contributed by atoms with Gasteiger partial charge in [0.15, 0.2) is 0 Å². The van der Waals surface area contributed by atoms with Crippen molar-refractivity contribution >= 4 is 5.65 Å². The zero-order chi connectivity index (χ0) is 14.3.